The summed E-state index contributed by atoms with van der Waals surface area (Å²) >= 11 is 0. The van der Waals surface area contributed by atoms with Gasteiger partial charge >= 0.3 is 0 Å². The Kier molecular flexibility index (Phi) is 5.83. The first-order valence-electron chi connectivity index (χ1n) is 16.7. The van der Waals surface area contributed by atoms with Crippen LogP contribution >= 0.6 is 0 Å². The molecule has 0 N–H and O–H groups in total. The monoisotopic (exact) mass is 656 g/mol. The molecule has 0 unspecified atom stereocenters. The highest BCUT2D eigenvalue weighted by Gasteiger charge is 2.22. The minimum absolute atomic E-state index is 0.533. The molecule has 0 aliphatic rings. The largest absolute Gasteiger partial charge is 0.456 e. The van der Waals surface area contributed by atoms with E-state index in [0.717, 1.165) is 88.0 Å². The fraction of sp³-hybridized carbons (Fsp3) is 0. The minimum Gasteiger partial charge on any atom is -0.456 e. The molecule has 7 nitrogen and oxygen atoms in total. The molecule has 0 aliphatic heterocycles. The van der Waals surface area contributed by atoms with Gasteiger partial charge in [-0.25, -0.2) is 15.0 Å². The number of hydrogen-bond acceptors (Lipinski definition) is 7. The van der Waals surface area contributed by atoms with Crippen molar-refractivity contribution in [3.05, 3.63) is 146 Å². The Balaban J connectivity index is 1.18. The van der Waals surface area contributed by atoms with Crippen LogP contribution in [0.4, 0.5) is 0 Å². The number of rotatable bonds is 4. The molecule has 5 aromatic heterocycles. The lowest BCUT2D eigenvalue weighted by molar-refractivity contribution is 0.668. The van der Waals surface area contributed by atoms with Gasteiger partial charge in [-0.2, -0.15) is 0 Å². The number of nitrogens with zero attached hydrogens (tertiary/aromatic N) is 4. The second-order valence-corrected chi connectivity index (χ2v) is 12.6. The second kappa shape index (κ2) is 10.7. The van der Waals surface area contributed by atoms with Gasteiger partial charge in [-0.1, -0.05) is 103 Å². The van der Waals surface area contributed by atoms with Gasteiger partial charge in [-0.05, 0) is 35.9 Å². The van der Waals surface area contributed by atoms with Gasteiger partial charge in [0.25, 0.3) is 0 Å². The number of hydrogen-bond donors (Lipinski definition) is 0. The second-order valence-electron chi connectivity index (χ2n) is 12.6. The van der Waals surface area contributed by atoms with Gasteiger partial charge in [0, 0.05) is 67.0 Å². The molecule has 11 rings (SSSR count). The van der Waals surface area contributed by atoms with Gasteiger partial charge in [0.2, 0.25) is 0 Å². The highest BCUT2D eigenvalue weighted by atomic mass is 16.3. The number of aromatic nitrogens is 4. The third-order valence-electron chi connectivity index (χ3n) is 9.65. The van der Waals surface area contributed by atoms with Crippen LogP contribution < -0.4 is 0 Å². The number of para-hydroxylation sites is 2. The Morgan fingerprint density at radius 3 is 1.47 bits per heavy atom. The molecule has 0 saturated carbocycles. The fourth-order valence-electron chi connectivity index (χ4n) is 7.41. The lowest BCUT2D eigenvalue weighted by Crippen LogP contribution is -2.00. The molecule has 5 heterocycles. The molecule has 0 fully saturated rings. The first-order chi connectivity index (χ1) is 25.3. The van der Waals surface area contributed by atoms with Crippen LogP contribution in [0.25, 0.3) is 111 Å². The Hall–Kier alpha value is -7.12. The zero-order valence-electron chi connectivity index (χ0n) is 26.9. The summed E-state index contributed by atoms with van der Waals surface area (Å²) in [6.07, 6.45) is 3.73. The third kappa shape index (κ3) is 4.18. The van der Waals surface area contributed by atoms with Crippen molar-refractivity contribution >= 4 is 65.8 Å². The van der Waals surface area contributed by atoms with Gasteiger partial charge in [-0.15, -0.1) is 0 Å². The zero-order chi connectivity index (χ0) is 33.5. The summed E-state index contributed by atoms with van der Waals surface area (Å²) in [5, 5.41) is 5.80. The maximum Gasteiger partial charge on any atom is 0.164 e. The van der Waals surface area contributed by atoms with Gasteiger partial charge in [0.1, 0.15) is 33.5 Å². The van der Waals surface area contributed by atoms with Crippen molar-refractivity contribution in [1.29, 1.82) is 0 Å². The topological polar surface area (TPSA) is 91.0 Å². The summed E-state index contributed by atoms with van der Waals surface area (Å²) in [6, 6.07) is 44.3. The van der Waals surface area contributed by atoms with Crippen LogP contribution in [-0.2, 0) is 0 Å². The lowest BCUT2D eigenvalue weighted by atomic mass is 9.98. The summed E-state index contributed by atoms with van der Waals surface area (Å²) in [5.74, 6) is 1.66. The number of pyridine rings is 1. The molecule has 238 valence electrons. The summed E-state index contributed by atoms with van der Waals surface area (Å²) in [5.41, 5.74) is 9.14. The van der Waals surface area contributed by atoms with E-state index >= 15 is 0 Å². The van der Waals surface area contributed by atoms with Gasteiger partial charge < -0.3 is 13.3 Å². The maximum absolute atomic E-state index is 6.71. The average Bonchev–Trinajstić information content (AvgIpc) is 3.89. The van der Waals surface area contributed by atoms with E-state index in [1.807, 2.05) is 128 Å². The highest BCUT2D eigenvalue weighted by molar-refractivity contribution is 6.19. The fourth-order valence-corrected chi connectivity index (χ4v) is 7.41. The minimum atomic E-state index is 0.533. The Bertz CT molecular complexity index is 3160. The van der Waals surface area contributed by atoms with Crippen molar-refractivity contribution in [3.8, 4) is 45.3 Å². The van der Waals surface area contributed by atoms with Gasteiger partial charge in [-0.3, -0.25) is 4.98 Å². The quantitative estimate of drug-likeness (QED) is 0.186. The normalized spacial score (nSPS) is 11.9. The molecule has 0 saturated heterocycles. The molecule has 0 amide bonds. The van der Waals surface area contributed by atoms with Crippen LogP contribution in [0.1, 0.15) is 0 Å². The van der Waals surface area contributed by atoms with Crippen LogP contribution in [0.2, 0.25) is 0 Å². The van der Waals surface area contributed by atoms with Crippen molar-refractivity contribution < 1.29 is 13.3 Å². The number of benzene rings is 6. The first-order valence-corrected chi connectivity index (χ1v) is 16.7. The van der Waals surface area contributed by atoms with Crippen LogP contribution in [0.15, 0.2) is 159 Å². The summed E-state index contributed by atoms with van der Waals surface area (Å²) in [4.78, 5) is 20.1. The van der Waals surface area contributed by atoms with Crippen LogP contribution in [0, 0.1) is 0 Å². The van der Waals surface area contributed by atoms with Crippen LogP contribution in [-0.4, -0.2) is 19.9 Å². The van der Waals surface area contributed by atoms with Crippen molar-refractivity contribution in [2.45, 2.75) is 0 Å². The molecule has 0 bridgehead atoms. The van der Waals surface area contributed by atoms with E-state index < -0.39 is 0 Å². The first kappa shape index (κ1) is 27.8. The van der Waals surface area contributed by atoms with E-state index in [0.29, 0.717) is 23.1 Å². The molecule has 0 atom stereocenters. The Morgan fingerprint density at radius 2 is 0.824 bits per heavy atom. The molecule has 51 heavy (non-hydrogen) atoms. The molecule has 0 spiro atoms. The van der Waals surface area contributed by atoms with Crippen molar-refractivity contribution in [2.75, 3.05) is 0 Å². The lowest BCUT2D eigenvalue weighted by Gasteiger charge is -2.10. The van der Waals surface area contributed by atoms with Crippen molar-refractivity contribution in [1.82, 2.24) is 19.9 Å². The molecular formula is C44H24N4O3. The van der Waals surface area contributed by atoms with Gasteiger partial charge in [0.15, 0.2) is 17.5 Å². The Morgan fingerprint density at radius 1 is 0.333 bits per heavy atom. The van der Waals surface area contributed by atoms with Crippen LogP contribution in [0.3, 0.4) is 0 Å². The standard InChI is InChI=1S/C44H24N4O3/c1-2-11-25(12-3-1)42-46-43(29-16-9-21-36-39(29)28-14-5-7-19-34(28)50-36)48-44(47-42)30-17-10-22-37-40(30)32-24-45-23-31(41(32)51-37)26-15-8-20-35-38(26)27-13-4-6-18-33(27)49-35/h1-24H. The van der Waals surface area contributed by atoms with E-state index in [-0.39, 0.29) is 0 Å². The SMILES string of the molecule is c1ccc(-c2nc(-c3cccc4oc5ccccc5c34)nc(-c3cccc4oc5c(-c6cccc7oc8ccccc8c67)cncc5c34)n2)cc1. The van der Waals surface area contributed by atoms with Crippen LogP contribution in [0.5, 0.6) is 0 Å². The van der Waals surface area contributed by atoms with Gasteiger partial charge in [0.05, 0.1) is 0 Å². The molecular weight excluding hydrogens is 633 g/mol. The van der Waals surface area contributed by atoms with Crippen molar-refractivity contribution in [2.24, 2.45) is 0 Å². The molecule has 0 aliphatic carbocycles. The predicted octanol–water partition coefficient (Wildman–Crippen LogP) is 11.6. The van der Waals surface area contributed by atoms with Crippen molar-refractivity contribution in [3.63, 3.8) is 0 Å². The van der Waals surface area contributed by atoms with E-state index in [1.54, 1.807) is 0 Å². The maximum atomic E-state index is 6.71. The molecule has 6 aromatic carbocycles. The highest BCUT2D eigenvalue weighted by Crippen LogP contribution is 2.43. The smallest absolute Gasteiger partial charge is 0.164 e. The summed E-state index contributed by atoms with van der Waals surface area (Å²) in [7, 11) is 0. The van der Waals surface area contributed by atoms with E-state index in [4.69, 9.17) is 33.2 Å². The van der Waals surface area contributed by atoms with E-state index in [9.17, 15) is 0 Å². The predicted molar refractivity (Wildman–Crippen MR) is 201 cm³/mol. The zero-order valence-corrected chi connectivity index (χ0v) is 26.9. The third-order valence-corrected chi connectivity index (χ3v) is 9.65. The average molecular weight is 657 g/mol. The van der Waals surface area contributed by atoms with E-state index in [2.05, 4.69) is 18.2 Å². The van der Waals surface area contributed by atoms with E-state index in [1.165, 1.54) is 0 Å². The molecule has 7 heteroatoms. The Labute approximate surface area is 289 Å². The number of fused-ring (bicyclic) bond motifs is 9. The number of furan rings is 3. The molecule has 11 aromatic rings. The summed E-state index contributed by atoms with van der Waals surface area (Å²) < 4.78 is 19.2. The summed E-state index contributed by atoms with van der Waals surface area (Å²) in [6.45, 7) is 0. The molecule has 0 radical (unpaired) electrons.